The zero-order valence-electron chi connectivity index (χ0n) is 11.6. The first kappa shape index (κ1) is 12.6. The summed E-state index contributed by atoms with van der Waals surface area (Å²) in [5.41, 5.74) is 3.39. The molecule has 0 bridgehead atoms. The van der Waals surface area contributed by atoms with Gasteiger partial charge in [0.05, 0.1) is 0 Å². The maximum absolute atomic E-state index is 3.52. The second kappa shape index (κ2) is 4.81. The van der Waals surface area contributed by atoms with Gasteiger partial charge in [-0.3, -0.25) is 0 Å². The van der Waals surface area contributed by atoms with Gasteiger partial charge < -0.3 is 5.32 Å². The highest BCUT2D eigenvalue weighted by Gasteiger charge is 2.51. The van der Waals surface area contributed by atoms with Crippen LogP contribution >= 0.6 is 0 Å². The molecule has 1 N–H and O–H groups in total. The van der Waals surface area contributed by atoms with Crippen LogP contribution < -0.4 is 5.32 Å². The van der Waals surface area contributed by atoms with E-state index in [2.05, 4.69) is 57.3 Å². The van der Waals surface area contributed by atoms with Gasteiger partial charge in [-0.25, -0.2) is 0 Å². The first-order valence-electron chi connectivity index (χ1n) is 6.91. The van der Waals surface area contributed by atoms with Crippen molar-refractivity contribution < 1.29 is 0 Å². The zero-order valence-corrected chi connectivity index (χ0v) is 11.6. The molecular formula is C16H25N. The quantitative estimate of drug-likeness (QED) is 0.815. The number of nitrogens with one attached hydrogen (secondary N) is 1. The molecule has 1 aliphatic rings. The van der Waals surface area contributed by atoms with Gasteiger partial charge in [0.25, 0.3) is 0 Å². The molecule has 0 aliphatic heterocycles. The van der Waals surface area contributed by atoms with Gasteiger partial charge in [0.2, 0.25) is 0 Å². The van der Waals surface area contributed by atoms with Crippen molar-refractivity contribution >= 4 is 0 Å². The fourth-order valence-corrected chi connectivity index (χ4v) is 2.79. The fraction of sp³-hybridized carbons (Fsp3) is 0.625. The number of rotatable bonds is 5. The summed E-state index contributed by atoms with van der Waals surface area (Å²) in [4.78, 5) is 0. The van der Waals surface area contributed by atoms with E-state index in [-0.39, 0.29) is 0 Å². The van der Waals surface area contributed by atoms with Gasteiger partial charge in [-0.2, -0.15) is 0 Å². The first-order valence-corrected chi connectivity index (χ1v) is 6.91. The average Bonchev–Trinajstić information content (AvgIpc) is 2.99. The molecule has 17 heavy (non-hydrogen) atoms. The number of likely N-dealkylation sites (N-methyl/N-ethyl adjacent to an activating group) is 1. The molecule has 1 aromatic carbocycles. The van der Waals surface area contributed by atoms with Gasteiger partial charge >= 0.3 is 0 Å². The predicted molar refractivity (Wildman–Crippen MR) is 74.5 cm³/mol. The molecular weight excluding hydrogens is 206 g/mol. The summed E-state index contributed by atoms with van der Waals surface area (Å²) in [7, 11) is 0. The fourth-order valence-electron chi connectivity index (χ4n) is 2.79. The first-order chi connectivity index (χ1) is 8.10. The molecule has 1 saturated carbocycles. The Morgan fingerprint density at radius 2 is 1.88 bits per heavy atom. The van der Waals surface area contributed by atoms with Crippen molar-refractivity contribution in [3.05, 3.63) is 35.4 Å². The Balaban J connectivity index is 2.15. The van der Waals surface area contributed by atoms with E-state index in [0.29, 0.717) is 11.3 Å². The van der Waals surface area contributed by atoms with Crippen LogP contribution in [0.25, 0.3) is 0 Å². The summed E-state index contributed by atoms with van der Waals surface area (Å²) >= 11 is 0. The highest BCUT2D eigenvalue weighted by molar-refractivity contribution is 5.36. The largest absolute Gasteiger partial charge is 0.316 e. The second-order valence-corrected chi connectivity index (χ2v) is 5.82. The lowest BCUT2D eigenvalue weighted by atomic mass is 9.91. The normalized spacial score (nSPS) is 27.5. The van der Waals surface area contributed by atoms with Gasteiger partial charge in [-0.05, 0) is 35.9 Å². The molecule has 0 radical (unpaired) electrons. The molecule has 1 aromatic rings. The van der Waals surface area contributed by atoms with Crippen LogP contribution in [0.3, 0.4) is 0 Å². The molecule has 0 aromatic heterocycles. The third-order valence-corrected chi connectivity index (χ3v) is 4.30. The van der Waals surface area contributed by atoms with Crippen LogP contribution in [0.5, 0.6) is 0 Å². The maximum atomic E-state index is 3.52. The lowest BCUT2D eigenvalue weighted by Gasteiger charge is -2.18. The number of hydrogen-bond donors (Lipinski definition) is 1. The lowest BCUT2D eigenvalue weighted by Crippen LogP contribution is -2.28. The van der Waals surface area contributed by atoms with Crippen LogP contribution in [-0.2, 0) is 5.41 Å². The van der Waals surface area contributed by atoms with Crippen LogP contribution in [-0.4, -0.2) is 13.1 Å². The zero-order chi connectivity index (χ0) is 12.5. The van der Waals surface area contributed by atoms with Crippen LogP contribution in [0, 0.1) is 5.92 Å². The molecule has 1 fully saturated rings. The van der Waals surface area contributed by atoms with Crippen molar-refractivity contribution in [1.29, 1.82) is 0 Å². The monoisotopic (exact) mass is 231 g/mol. The summed E-state index contributed by atoms with van der Waals surface area (Å²) < 4.78 is 0. The number of benzene rings is 1. The lowest BCUT2D eigenvalue weighted by molar-refractivity contribution is 0.555. The summed E-state index contributed by atoms with van der Waals surface area (Å²) in [5, 5.41) is 3.52. The molecule has 0 saturated heterocycles. The minimum Gasteiger partial charge on any atom is -0.316 e. The van der Waals surface area contributed by atoms with Crippen molar-refractivity contribution in [3.8, 4) is 0 Å². The van der Waals surface area contributed by atoms with E-state index in [9.17, 15) is 0 Å². The molecule has 1 aliphatic carbocycles. The van der Waals surface area contributed by atoms with Crippen molar-refractivity contribution in [3.63, 3.8) is 0 Å². The topological polar surface area (TPSA) is 12.0 Å². The van der Waals surface area contributed by atoms with Gasteiger partial charge in [-0.1, -0.05) is 52.0 Å². The molecule has 2 unspecified atom stereocenters. The van der Waals surface area contributed by atoms with Crippen LogP contribution in [0.1, 0.15) is 51.2 Å². The van der Waals surface area contributed by atoms with Crippen molar-refractivity contribution in [2.24, 2.45) is 5.92 Å². The molecule has 0 heterocycles. The molecule has 94 valence electrons. The smallest absolute Gasteiger partial charge is 0.0106 e. The van der Waals surface area contributed by atoms with E-state index >= 15 is 0 Å². The average molecular weight is 231 g/mol. The van der Waals surface area contributed by atoms with Crippen LogP contribution in [0.2, 0.25) is 0 Å². The summed E-state index contributed by atoms with van der Waals surface area (Å²) in [6, 6.07) is 9.30. The Morgan fingerprint density at radius 1 is 1.29 bits per heavy atom. The summed E-state index contributed by atoms with van der Waals surface area (Å²) in [5.74, 6) is 1.46. The summed E-state index contributed by atoms with van der Waals surface area (Å²) in [6.07, 6.45) is 1.33. The Kier molecular flexibility index (Phi) is 3.58. The van der Waals surface area contributed by atoms with Crippen molar-refractivity contribution in [2.45, 2.75) is 45.4 Å². The standard InChI is InChI=1S/C16H25N/c1-5-17-11-16(10-13(16)4)15-8-6-14(7-9-15)12(2)3/h6-9,12-13,17H,5,10-11H2,1-4H3. The second-order valence-electron chi connectivity index (χ2n) is 5.82. The van der Waals surface area contributed by atoms with E-state index in [0.717, 1.165) is 19.0 Å². The van der Waals surface area contributed by atoms with E-state index in [4.69, 9.17) is 0 Å². The predicted octanol–water partition coefficient (Wildman–Crippen LogP) is 3.70. The van der Waals surface area contributed by atoms with Crippen LogP contribution in [0.15, 0.2) is 24.3 Å². The third-order valence-electron chi connectivity index (χ3n) is 4.30. The Labute approximate surface area is 106 Å². The number of hydrogen-bond acceptors (Lipinski definition) is 1. The molecule has 1 nitrogen and oxygen atoms in total. The SMILES string of the molecule is CCNCC1(c2ccc(C(C)C)cc2)CC1C. The highest BCUT2D eigenvalue weighted by atomic mass is 14.9. The van der Waals surface area contributed by atoms with E-state index in [1.165, 1.54) is 17.5 Å². The van der Waals surface area contributed by atoms with Gasteiger partial charge in [0, 0.05) is 12.0 Å². The van der Waals surface area contributed by atoms with Gasteiger partial charge in [-0.15, -0.1) is 0 Å². The molecule has 1 heteroatoms. The molecule has 0 amide bonds. The Bertz CT molecular complexity index is 366. The van der Waals surface area contributed by atoms with Crippen molar-refractivity contribution in [2.75, 3.05) is 13.1 Å². The van der Waals surface area contributed by atoms with E-state index in [1.54, 1.807) is 0 Å². The maximum Gasteiger partial charge on any atom is 0.0106 e. The van der Waals surface area contributed by atoms with Gasteiger partial charge in [0.1, 0.15) is 0 Å². The van der Waals surface area contributed by atoms with E-state index < -0.39 is 0 Å². The van der Waals surface area contributed by atoms with Crippen LogP contribution in [0.4, 0.5) is 0 Å². The van der Waals surface area contributed by atoms with E-state index in [1.807, 2.05) is 0 Å². The summed E-state index contributed by atoms with van der Waals surface area (Å²) in [6.45, 7) is 11.3. The molecule has 2 atom stereocenters. The Morgan fingerprint density at radius 3 is 2.29 bits per heavy atom. The third kappa shape index (κ3) is 2.40. The van der Waals surface area contributed by atoms with Crippen molar-refractivity contribution in [1.82, 2.24) is 5.32 Å². The minimum absolute atomic E-state index is 0.422. The molecule has 2 rings (SSSR count). The van der Waals surface area contributed by atoms with Gasteiger partial charge in [0.15, 0.2) is 0 Å². The minimum atomic E-state index is 0.422. The molecule has 0 spiro atoms. The Hall–Kier alpha value is -0.820. The highest BCUT2D eigenvalue weighted by Crippen LogP contribution is 2.53.